The van der Waals surface area contributed by atoms with Gasteiger partial charge < -0.3 is 19.7 Å². The standard InChI is InChI=1S/C36H27NO10/c38-25(39)14-16-27(42)46-33-21-6-1-2-7-22(21)34(47-28(43)17-15-26(40)41)32-31(33)35(44)37(36(32)45)24-13-11-20-9-8-18-4-3-5-19-10-12-23(24)30(20)29(18)19/h1-13,31-34H,14-17H2,(H,38,39)(H,40,41)/t31-,32+,33+,34-. The van der Waals surface area contributed by atoms with Gasteiger partial charge in [-0.15, -0.1) is 0 Å². The highest BCUT2D eigenvalue weighted by Gasteiger charge is 2.61. The number of aliphatic carboxylic acids is 2. The fourth-order valence-corrected chi connectivity index (χ4v) is 7.01. The van der Waals surface area contributed by atoms with Gasteiger partial charge in [0, 0.05) is 16.5 Å². The second-order valence-corrected chi connectivity index (χ2v) is 11.7. The Morgan fingerprint density at radius 2 is 1.04 bits per heavy atom. The van der Waals surface area contributed by atoms with Gasteiger partial charge in [-0.25, -0.2) is 4.90 Å². The summed E-state index contributed by atoms with van der Waals surface area (Å²) in [4.78, 5) is 78.2. The summed E-state index contributed by atoms with van der Waals surface area (Å²) in [7, 11) is 0. The molecule has 0 spiro atoms. The number of hydrogen-bond donors (Lipinski definition) is 2. The van der Waals surface area contributed by atoms with Gasteiger partial charge in [-0.3, -0.25) is 28.8 Å². The van der Waals surface area contributed by atoms with Crippen molar-refractivity contribution in [1.29, 1.82) is 0 Å². The summed E-state index contributed by atoms with van der Waals surface area (Å²) in [6.45, 7) is 0. The smallest absolute Gasteiger partial charge is 0.307 e. The highest BCUT2D eigenvalue weighted by Crippen LogP contribution is 2.54. The summed E-state index contributed by atoms with van der Waals surface area (Å²) in [5.74, 6) is -8.13. The predicted octanol–water partition coefficient (Wildman–Crippen LogP) is 5.30. The van der Waals surface area contributed by atoms with Crippen LogP contribution in [0.3, 0.4) is 0 Å². The lowest BCUT2D eigenvalue weighted by Gasteiger charge is -2.37. The number of fused-ring (bicyclic) bond motifs is 2. The Bertz CT molecular complexity index is 2040. The van der Waals surface area contributed by atoms with E-state index in [4.69, 9.17) is 19.7 Å². The Kier molecular flexibility index (Phi) is 7.31. The SMILES string of the molecule is O=C(O)CCC(=O)O[C@@H]1c2ccccc2[C@H](OC(=O)CCC(=O)O)[C@@H]2C(=O)N(c3ccc4ccc5cccc6ccc3c4c56)C(=O)[C@@H]21. The van der Waals surface area contributed by atoms with E-state index < -0.39 is 85.4 Å². The molecule has 1 fully saturated rings. The number of carbonyl (C=O) groups excluding carboxylic acids is 4. The molecular formula is C36H27NO10. The fourth-order valence-electron chi connectivity index (χ4n) is 7.01. The van der Waals surface area contributed by atoms with Crippen molar-refractivity contribution < 1.29 is 48.5 Å². The lowest BCUT2D eigenvalue weighted by molar-refractivity contribution is -0.167. The molecule has 11 nitrogen and oxygen atoms in total. The van der Waals surface area contributed by atoms with Gasteiger partial charge in [-0.2, -0.15) is 0 Å². The fraction of sp³-hybridized carbons (Fsp3) is 0.222. The minimum atomic E-state index is -1.32. The highest BCUT2D eigenvalue weighted by molar-refractivity contribution is 6.30. The van der Waals surface area contributed by atoms with Crippen LogP contribution in [0.4, 0.5) is 5.69 Å². The van der Waals surface area contributed by atoms with Gasteiger partial charge in [0.1, 0.15) is 12.2 Å². The number of anilines is 1. The van der Waals surface area contributed by atoms with Crippen molar-refractivity contribution in [2.75, 3.05) is 4.90 Å². The van der Waals surface area contributed by atoms with Crippen LogP contribution >= 0.6 is 0 Å². The zero-order valence-electron chi connectivity index (χ0n) is 24.8. The normalized spacial score (nSPS) is 20.4. The predicted molar refractivity (Wildman–Crippen MR) is 167 cm³/mol. The van der Waals surface area contributed by atoms with Gasteiger partial charge in [0.05, 0.1) is 43.2 Å². The van der Waals surface area contributed by atoms with Gasteiger partial charge in [0.2, 0.25) is 11.8 Å². The van der Waals surface area contributed by atoms with Crippen LogP contribution in [0.2, 0.25) is 0 Å². The molecule has 1 aliphatic heterocycles. The van der Waals surface area contributed by atoms with Crippen LogP contribution in [0, 0.1) is 11.8 Å². The second-order valence-electron chi connectivity index (χ2n) is 11.7. The summed E-state index contributed by atoms with van der Waals surface area (Å²) in [6, 6.07) is 23.6. The van der Waals surface area contributed by atoms with E-state index >= 15 is 0 Å². The van der Waals surface area contributed by atoms with E-state index in [0.29, 0.717) is 22.2 Å². The van der Waals surface area contributed by atoms with E-state index in [9.17, 15) is 28.8 Å². The van der Waals surface area contributed by atoms with Gasteiger partial charge in [0.15, 0.2) is 0 Å². The molecule has 5 aromatic carbocycles. The number of esters is 2. The van der Waals surface area contributed by atoms with Crippen LogP contribution in [0.25, 0.3) is 32.3 Å². The van der Waals surface area contributed by atoms with Crippen molar-refractivity contribution in [2.45, 2.75) is 37.9 Å². The monoisotopic (exact) mass is 633 g/mol. The molecule has 2 aliphatic rings. The van der Waals surface area contributed by atoms with Crippen LogP contribution in [0.1, 0.15) is 49.0 Å². The Morgan fingerprint density at radius 1 is 0.574 bits per heavy atom. The van der Waals surface area contributed by atoms with Crippen molar-refractivity contribution in [3.05, 3.63) is 90.0 Å². The minimum Gasteiger partial charge on any atom is -0.481 e. The molecule has 0 radical (unpaired) electrons. The third-order valence-corrected chi connectivity index (χ3v) is 9.01. The van der Waals surface area contributed by atoms with Crippen LogP contribution in [-0.4, -0.2) is 45.9 Å². The topological polar surface area (TPSA) is 165 Å². The molecular weight excluding hydrogens is 606 g/mol. The average Bonchev–Trinajstić information content (AvgIpc) is 3.32. The zero-order chi connectivity index (χ0) is 33.0. The second kappa shape index (κ2) is 11.5. The Hall–Kier alpha value is -5.84. The number of carboxylic acids is 2. The molecule has 2 amide bonds. The number of amides is 2. The first-order valence-corrected chi connectivity index (χ1v) is 15.1. The molecule has 7 rings (SSSR count). The molecule has 5 aromatic rings. The largest absolute Gasteiger partial charge is 0.481 e. The van der Waals surface area contributed by atoms with E-state index in [0.717, 1.165) is 31.8 Å². The molecule has 1 heterocycles. The molecule has 11 heteroatoms. The van der Waals surface area contributed by atoms with Gasteiger partial charge >= 0.3 is 23.9 Å². The van der Waals surface area contributed by atoms with Crippen molar-refractivity contribution in [1.82, 2.24) is 0 Å². The summed E-state index contributed by atoms with van der Waals surface area (Å²) in [5, 5.41) is 23.6. The Balaban J connectivity index is 1.36. The molecule has 4 atom stereocenters. The maximum atomic E-state index is 14.5. The average molecular weight is 634 g/mol. The maximum absolute atomic E-state index is 14.5. The third kappa shape index (κ3) is 5.00. The molecule has 2 N–H and O–H groups in total. The maximum Gasteiger partial charge on any atom is 0.307 e. The summed E-state index contributed by atoms with van der Waals surface area (Å²) in [6.07, 6.45) is -4.47. The van der Waals surface area contributed by atoms with Crippen LogP contribution < -0.4 is 4.90 Å². The minimum absolute atomic E-state index is 0.316. The molecule has 0 aromatic heterocycles. The number of hydrogen-bond acceptors (Lipinski definition) is 8. The van der Waals surface area contributed by atoms with Crippen molar-refractivity contribution >= 4 is 73.7 Å². The van der Waals surface area contributed by atoms with Crippen LogP contribution in [0.15, 0.2) is 78.9 Å². The molecule has 1 aliphatic carbocycles. The number of carboxylic acid groups (broad SMARTS) is 2. The van der Waals surface area contributed by atoms with Crippen LogP contribution in [-0.2, 0) is 38.2 Å². The number of carbonyl (C=O) groups is 6. The molecule has 0 saturated carbocycles. The van der Waals surface area contributed by atoms with Crippen molar-refractivity contribution in [3.63, 3.8) is 0 Å². The van der Waals surface area contributed by atoms with Crippen molar-refractivity contribution in [2.24, 2.45) is 11.8 Å². The zero-order valence-corrected chi connectivity index (χ0v) is 24.8. The first-order chi connectivity index (χ1) is 22.6. The highest BCUT2D eigenvalue weighted by atomic mass is 16.6. The first kappa shape index (κ1) is 29.8. The molecule has 1 saturated heterocycles. The van der Waals surface area contributed by atoms with E-state index in [1.54, 1.807) is 30.3 Å². The third-order valence-electron chi connectivity index (χ3n) is 9.01. The summed E-state index contributed by atoms with van der Waals surface area (Å²) in [5.41, 5.74) is 0.967. The molecule has 0 unspecified atom stereocenters. The molecule has 47 heavy (non-hydrogen) atoms. The number of benzene rings is 5. The summed E-state index contributed by atoms with van der Waals surface area (Å²) >= 11 is 0. The van der Waals surface area contributed by atoms with Crippen LogP contribution in [0.5, 0.6) is 0 Å². The lowest BCUT2D eigenvalue weighted by atomic mass is 9.73. The number of rotatable bonds is 9. The van der Waals surface area contributed by atoms with E-state index in [2.05, 4.69) is 0 Å². The lowest BCUT2D eigenvalue weighted by Crippen LogP contribution is -2.39. The summed E-state index contributed by atoms with van der Waals surface area (Å²) < 4.78 is 11.6. The molecule has 236 valence electrons. The van der Waals surface area contributed by atoms with E-state index in [-0.39, 0.29) is 0 Å². The van der Waals surface area contributed by atoms with Gasteiger partial charge in [-0.05, 0) is 33.0 Å². The van der Waals surface area contributed by atoms with Gasteiger partial charge in [-0.1, -0.05) is 72.8 Å². The Morgan fingerprint density at radius 3 is 1.55 bits per heavy atom. The van der Waals surface area contributed by atoms with Gasteiger partial charge in [0.25, 0.3) is 0 Å². The number of nitrogens with zero attached hydrogens (tertiary/aromatic N) is 1. The first-order valence-electron chi connectivity index (χ1n) is 15.1. The number of ether oxygens (including phenoxy) is 2. The van der Waals surface area contributed by atoms with E-state index in [1.165, 1.54) is 0 Å². The van der Waals surface area contributed by atoms with E-state index in [1.807, 2.05) is 48.5 Å². The number of imide groups is 1. The Labute approximate surface area is 266 Å². The van der Waals surface area contributed by atoms with Crippen molar-refractivity contribution in [3.8, 4) is 0 Å². The quantitative estimate of drug-likeness (QED) is 0.124. The molecule has 0 bridgehead atoms.